The minimum Gasteiger partial charge on any atom is -0.741 e. The zero-order valence-electron chi connectivity index (χ0n) is 18.8. The Balaban J connectivity index is 0.000000392. The molecule has 1 heterocycles. The zero-order valence-corrected chi connectivity index (χ0v) is 21.9. The molecule has 0 aromatic heterocycles. The second-order valence-electron chi connectivity index (χ2n) is 8.20. The van der Waals surface area contributed by atoms with Crippen molar-refractivity contribution in [3.05, 3.63) is 69.2 Å². The third-order valence-corrected chi connectivity index (χ3v) is 6.80. The quantitative estimate of drug-likeness (QED) is 0.114. The zero-order chi connectivity index (χ0) is 27.2. The van der Waals surface area contributed by atoms with Gasteiger partial charge in [-0.1, -0.05) is 59.1 Å². The van der Waals surface area contributed by atoms with Crippen LogP contribution in [0.25, 0.3) is 10.8 Å². The van der Waals surface area contributed by atoms with Crippen LogP contribution in [0.3, 0.4) is 0 Å². The van der Waals surface area contributed by atoms with Crippen molar-refractivity contribution in [1.82, 2.24) is 0 Å². The molecule has 0 bridgehead atoms. The largest absolute Gasteiger partial charge is 0.741 e. The summed E-state index contributed by atoms with van der Waals surface area (Å²) in [6.45, 7) is 4.03. The van der Waals surface area contributed by atoms with E-state index in [1.165, 1.54) is 12.1 Å². The van der Waals surface area contributed by atoms with Gasteiger partial charge in [0.05, 0.1) is 15.5 Å². The number of alkyl halides is 3. The molecule has 0 atom stereocenters. The highest BCUT2D eigenvalue weighted by Crippen LogP contribution is 2.44. The highest BCUT2D eigenvalue weighted by Gasteiger charge is 2.50. The van der Waals surface area contributed by atoms with E-state index in [0.29, 0.717) is 10.7 Å². The summed E-state index contributed by atoms with van der Waals surface area (Å²) in [5.41, 5.74) is -3.63. The molecule has 192 valence electrons. The summed E-state index contributed by atoms with van der Waals surface area (Å²) < 4.78 is 66.4. The Morgan fingerprint density at radius 1 is 1.03 bits per heavy atom. The topological polar surface area (TPSA) is 86.5 Å². The summed E-state index contributed by atoms with van der Waals surface area (Å²) in [7, 11) is -4.23. The molecule has 0 fully saturated rings. The van der Waals surface area contributed by atoms with Gasteiger partial charge in [-0.05, 0) is 42.8 Å². The van der Waals surface area contributed by atoms with E-state index in [1.807, 2.05) is 43.7 Å². The number of ether oxygens (including phenoxy) is 1. The molecule has 0 amide bonds. The number of carbonyl (C=O) groups excluding carboxylic acids is 1. The molecule has 3 aromatic rings. The lowest BCUT2D eigenvalue weighted by atomic mass is 9.79. The van der Waals surface area contributed by atoms with Crippen LogP contribution in [0.4, 0.5) is 18.9 Å². The smallest absolute Gasteiger partial charge is 0.485 e. The summed E-state index contributed by atoms with van der Waals surface area (Å²) in [5.74, 6) is -0.394. The van der Waals surface area contributed by atoms with E-state index in [-0.39, 0.29) is 15.8 Å². The summed E-state index contributed by atoms with van der Waals surface area (Å²) in [6.07, 6.45) is 0. The molecule has 3 aromatic carbocycles. The molecule has 0 aliphatic carbocycles. The van der Waals surface area contributed by atoms with Crippen molar-refractivity contribution in [3.8, 4) is 5.75 Å². The van der Waals surface area contributed by atoms with Crippen LogP contribution in [-0.2, 0) is 20.3 Å². The number of fused-ring (bicyclic) bond motifs is 3. The first-order valence-electron chi connectivity index (χ1n) is 9.99. The lowest BCUT2D eigenvalue weighted by Crippen LogP contribution is -2.38. The maximum Gasteiger partial charge on any atom is 0.485 e. The Morgan fingerprint density at radius 2 is 1.56 bits per heavy atom. The van der Waals surface area contributed by atoms with Crippen molar-refractivity contribution in [1.29, 1.82) is 0 Å². The molecule has 1 aliphatic rings. The number of rotatable bonds is 2. The van der Waals surface area contributed by atoms with Gasteiger partial charge in [0.1, 0.15) is 7.05 Å². The minimum atomic E-state index is -6.09. The normalized spacial score (nSPS) is 14.8. The highest BCUT2D eigenvalue weighted by molar-refractivity contribution is 7.86. The fraction of sp³-hybridized carbons (Fsp3) is 0.217. The lowest BCUT2D eigenvalue weighted by Gasteiger charge is -2.18. The van der Waals surface area contributed by atoms with Crippen LogP contribution in [0, 0.1) is 0 Å². The van der Waals surface area contributed by atoms with Gasteiger partial charge < -0.3 is 9.29 Å². The first kappa shape index (κ1) is 28.2. The Bertz CT molecular complexity index is 1500. The SMILES string of the molecule is C[N+]1=C(C(=O)Oc2c(Cl)cc(Cl)cc2Cl)C(C)(C)c2c1ccc1ccccc21.O=S(=O)([O-])C(F)(F)F. The van der Waals surface area contributed by atoms with Crippen LogP contribution in [-0.4, -0.2) is 41.8 Å². The van der Waals surface area contributed by atoms with Crippen molar-refractivity contribution in [2.75, 3.05) is 7.05 Å². The van der Waals surface area contributed by atoms with E-state index in [9.17, 15) is 18.0 Å². The standard InChI is InChI=1S/C22H17Cl3NO2.CHF3O3S/c1-22(2)18-14-7-5-4-6-12(14)8-9-17(18)26(3)20(22)21(27)28-19-15(24)10-13(23)11-16(19)25;2-1(3,4)8(5,6)7/h4-11H,1-3H3;(H,5,6,7)/q+1;/p-1. The molecule has 0 spiro atoms. The van der Waals surface area contributed by atoms with Gasteiger partial charge in [0, 0.05) is 16.7 Å². The van der Waals surface area contributed by atoms with Crippen LogP contribution in [0.5, 0.6) is 5.75 Å². The third-order valence-electron chi connectivity index (χ3n) is 5.46. The Hall–Kier alpha value is -2.37. The number of hydrogen-bond acceptors (Lipinski definition) is 5. The van der Waals surface area contributed by atoms with Gasteiger partial charge in [-0.25, -0.2) is 13.2 Å². The summed E-state index contributed by atoms with van der Waals surface area (Å²) >= 11 is 18.3. The lowest BCUT2D eigenvalue weighted by molar-refractivity contribution is -0.402. The molecule has 0 radical (unpaired) electrons. The summed E-state index contributed by atoms with van der Waals surface area (Å²) in [5, 5.41) is 2.99. The molecular weight excluding hydrogens is 566 g/mol. The van der Waals surface area contributed by atoms with Crippen molar-refractivity contribution in [2.45, 2.75) is 24.8 Å². The number of carbonyl (C=O) groups is 1. The number of halogens is 6. The Labute approximate surface area is 219 Å². The van der Waals surface area contributed by atoms with Crippen molar-refractivity contribution in [3.63, 3.8) is 0 Å². The maximum atomic E-state index is 13.2. The minimum absolute atomic E-state index is 0.107. The van der Waals surface area contributed by atoms with Crippen LogP contribution < -0.4 is 4.74 Å². The molecule has 6 nitrogen and oxygen atoms in total. The molecule has 0 unspecified atom stereocenters. The van der Waals surface area contributed by atoms with E-state index in [1.54, 1.807) is 0 Å². The van der Waals surface area contributed by atoms with E-state index >= 15 is 0 Å². The first-order chi connectivity index (χ1) is 16.5. The van der Waals surface area contributed by atoms with Crippen LogP contribution in [0.15, 0.2) is 48.5 Å². The molecule has 0 N–H and O–H groups in total. The predicted molar refractivity (Wildman–Crippen MR) is 131 cm³/mol. The van der Waals surface area contributed by atoms with E-state index in [0.717, 1.165) is 22.0 Å². The first-order valence-corrected chi connectivity index (χ1v) is 12.5. The van der Waals surface area contributed by atoms with Gasteiger partial charge in [0.2, 0.25) is 5.69 Å². The second kappa shape index (κ2) is 9.83. The highest BCUT2D eigenvalue weighted by atomic mass is 35.5. The molecule has 36 heavy (non-hydrogen) atoms. The van der Waals surface area contributed by atoms with Gasteiger partial charge in [-0.2, -0.15) is 17.7 Å². The van der Waals surface area contributed by atoms with Crippen molar-refractivity contribution >= 4 is 73.1 Å². The molecule has 1 aliphatic heterocycles. The predicted octanol–water partition coefficient (Wildman–Crippen LogP) is 6.46. The molecular formula is C23H17Cl3F3NO5S. The maximum absolute atomic E-state index is 13.2. The fourth-order valence-electron chi connectivity index (χ4n) is 4.01. The van der Waals surface area contributed by atoms with Crippen LogP contribution in [0.1, 0.15) is 19.4 Å². The van der Waals surface area contributed by atoms with Crippen molar-refractivity contribution in [2.24, 2.45) is 0 Å². The van der Waals surface area contributed by atoms with Crippen LogP contribution in [0.2, 0.25) is 15.1 Å². The van der Waals surface area contributed by atoms with Gasteiger partial charge in [-0.15, -0.1) is 0 Å². The Kier molecular flexibility index (Phi) is 7.70. The van der Waals surface area contributed by atoms with E-state index in [4.69, 9.17) is 52.5 Å². The monoisotopic (exact) mass is 581 g/mol. The Morgan fingerprint density at radius 3 is 2.08 bits per heavy atom. The molecule has 0 saturated carbocycles. The number of hydrogen-bond donors (Lipinski definition) is 0. The number of nitrogens with zero attached hydrogens (tertiary/aromatic N) is 1. The van der Waals surface area contributed by atoms with Gasteiger partial charge in [0.25, 0.3) is 5.71 Å². The average molecular weight is 583 g/mol. The third kappa shape index (κ3) is 5.33. The summed E-state index contributed by atoms with van der Waals surface area (Å²) in [6, 6.07) is 15.2. The second-order valence-corrected chi connectivity index (χ2v) is 10.8. The van der Waals surface area contributed by atoms with E-state index < -0.39 is 27.0 Å². The average Bonchev–Trinajstić information content (AvgIpc) is 2.95. The van der Waals surface area contributed by atoms with Gasteiger partial charge >= 0.3 is 11.5 Å². The van der Waals surface area contributed by atoms with Crippen molar-refractivity contribution < 1.29 is 40.2 Å². The summed E-state index contributed by atoms with van der Waals surface area (Å²) in [4.78, 5) is 13.2. The van der Waals surface area contributed by atoms with Crippen LogP contribution >= 0.6 is 34.8 Å². The van der Waals surface area contributed by atoms with Gasteiger partial charge in [-0.3, -0.25) is 0 Å². The fourth-order valence-corrected chi connectivity index (χ4v) is 4.91. The van der Waals surface area contributed by atoms with Gasteiger partial charge in [0.15, 0.2) is 15.9 Å². The number of benzene rings is 3. The molecule has 4 rings (SSSR count). The molecule has 13 heteroatoms. The number of esters is 1. The van der Waals surface area contributed by atoms with E-state index in [2.05, 4.69) is 18.2 Å². The molecule has 0 saturated heterocycles.